The molecule has 1 aromatic carbocycles. The van der Waals surface area contributed by atoms with Crippen LogP contribution < -0.4 is 11.1 Å². The van der Waals surface area contributed by atoms with Gasteiger partial charge in [0.15, 0.2) is 0 Å². The van der Waals surface area contributed by atoms with Crippen LogP contribution in [0.5, 0.6) is 0 Å². The minimum atomic E-state index is -0.704. The highest BCUT2D eigenvalue weighted by Crippen LogP contribution is 2.24. The van der Waals surface area contributed by atoms with Crippen LogP contribution in [0.4, 0.5) is 0 Å². The van der Waals surface area contributed by atoms with Crippen molar-refractivity contribution in [2.24, 2.45) is 11.7 Å². The predicted octanol–water partition coefficient (Wildman–Crippen LogP) is 2.24. The van der Waals surface area contributed by atoms with Crippen molar-refractivity contribution >= 4 is 5.91 Å². The van der Waals surface area contributed by atoms with E-state index in [4.69, 9.17) is 5.73 Å². The van der Waals surface area contributed by atoms with Crippen molar-refractivity contribution in [2.75, 3.05) is 0 Å². The molecule has 1 rings (SSSR count). The van der Waals surface area contributed by atoms with Gasteiger partial charge in [-0.2, -0.15) is 0 Å². The van der Waals surface area contributed by atoms with Gasteiger partial charge >= 0.3 is 0 Å². The minimum Gasteiger partial charge on any atom is -0.368 e. The summed E-state index contributed by atoms with van der Waals surface area (Å²) in [7, 11) is 0. The summed E-state index contributed by atoms with van der Waals surface area (Å²) in [6, 6.07) is 10.2. The van der Waals surface area contributed by atoms with Crippen molar-refractivity contribution in [1.82, 2.24) is 5.32 Å². The highest BCUT2D eigenvalue weighted by atomic mass is 16.1. The molecule has 3 heteroatoms. The SMILES string of the molecule is CC(C)C(NC(C)(C)C(N)=O)c1ccccc1. The fraction of sp³-hybridized carbons (Fsp3) is 0.500. The lowest BCUT2D eigenvalue weighted by atomic mass is 9.92. The summed E-state index contributed by atoms with van der Waals surface area (Å²) in [4.78, 5) is 11.4. The third-order valence-electron chi connectivity index (χ3n) is 2.96. The maximum absolute atomic E-state index is 11.4. The van der Waals surface area contributed by atoms with Crippen LogP contribution in [0.3, 0.4) is 0 Å². The number of nitrogens with two attached hydrogens (primary N) is 1. The molecule has 0 saturated carbocycles. The second kappa shape index (κ2) is 5.32. The largest absolute Gasteiger partial charge is 0.368 e. The molecule has 0 spiro atoms. The summed E-state index contributed by atoms with van der Waals surface area (Å²) in [5.74, 6) is 0.0510. The summed E-state index contributed by atoms with van der Waals surface area (Å²) < 4.78 is 0. The van der Waals surface area contributed by atoms with Gasteiger partial charge in [0, 0.05) is 6.04 Å². The van der Waals surface area contributed by atoms with E-state index >= 15 is 0 Å². The van der Waals surface area contributed by atoms with Crippen LogP contribution in [0.15, 0.2) is 30.3 Å². The maximum Gasteiger partial charge on any atom is 0.237 e. The number of amides is 1. The molecule has 0 saturated heterocycles. The second-order valence-corrected chi connectivity index (χ2v) is 5.27. The molecule has 0 heterocycles. The molecule has 0 fully saturated rings. The first kappa shape index (κ1) is 13.7. The Morgan fingerprint density at radius 3 is 2.18 bits per heavy atom. The van der Waals surface area contributed by atoms with E-state index in [1.807, 2.05) is 32.0 Å². The van der Waals surface area contributed by atoms with E-state index in [9.17, 15) is 4.79 Å². The third kappa shape index (κ3) is 3.56. The van der Waals surface area contributed by atoms with Crippen LogP contribution in [0.25, 0.3) is 0 Å². The zero-order chi connectivity index (χ0) is 13.1. The molecule has 1 unspecified atom stereocenters. The van der Waals surface area contributed by atoms with Gasteiger partial charge in [0.25, 0.3) is 0 Å². The average molecular weight is 234 g/mol. The van der Waals surface area contributed by atoms with Crippen LogP contribution >= 0.6 is 0 Å². The summed E-state index contributed by atoms with van der Waals surface area (Å²) in [6.07, 6.45) is 0. The third-order valence-corrected chi connectivity index (χ3v) is 2.96. The first-order chi connectivity index (χ1) is 7.84. The van der Waals surface area contributed by atoms with Crippen molar-refractivity contribution in [3.8, 4) is 0 Å². The van der Waals surface area contributed by atoms with Gasteiger partial charge in [-0.3, -0.25) is 10.1 Å². The quantitative estimate of drug-likeness (QED) is 0.821. The summed E-state index contributed by atoms with van der Waals surface area (Å²) in [5.41, 5.74) is 5.87. The van der Waals surface area contributed by atoms with Gasteiger partial charge in [0.05, 0.1) is 5.54 Å². The standard InChI is InChI=1S/C14H22N2O/c1-10(2)12(11-8-6-5-7-9-11)16-14(3,4)13(15)17/h5-10,12,16H,1-4H3,(H2,15,17). The average Bonchev–Trinajstić information content (AvgIpc) is 2.26. The molecular weight excluding hydrogens is 212 g/mol. The van der Waals surface area contributed by atoms with E-state index in [0.717, 1.165) is 0 Å². The monoisotopic (exact) mass is 234 g/mol. The summed E-state index contributed by atoms with van der Waals surface area (Å²) in [6.45, 7) is 7.88. The van der Waals surface area contributed by atoms with Gasteiger partial charge < -0.3 is 5.73 Å². The molecule has 0 aliphatic rings. The van der Waals surface area contributed by atoms with Gasteiger partial charge in [0.1, 0.15) is 0 Å². The molecular formula is C14H22N2O. The molecule has 0 aliphatic carbocycles. The molecule has 1 atom stereocenters. The smallest absolute Gasteiger partial charge is 0.237 e. The van der Waals surface area contributed by atoms with Crippen molar-refractivity contribution < 1.29 is 4.79 Å². The van der Waals surface area contributed by atoms with E-state index in [1.165, 1.54) is 5.56 Å². The molecule has 0 aromatic heterocycles. The predicted molar refractivity (Wildman–Crippen MR) is 70.4 cm³/mol. The molecule has 3 N–H and O–H groups in total. The Hall–Kier alpha value is -1.35. The van der Waals surface area contributed by atoms with Crippen molar-refractivity contribution in [2.45, 2.75) is 39.3 Å². The Balaban J connectivity index is 2.93. The zero-order valence-corrected chi connectivity index (χ0v) is 11.0. The first-order valence-electron chi connectivity index (χ1n) is 5.97. The number of rotatable bonds is 5. The van der Waals surface area contributed by atoms with E-state index < -0.39 is 5.54 Å². The molecule has 94 valence electrons. The fourth-order valence-corrected chi connectivity index (χ4v) is 1.76. The Morgan fingerprint density at radius 1 is 1.24 bits per heavy atom. The Labute approximate surface area is 103 Å². The maximum atomic E-state index is 11.4. The number of primary amides is 1. The van der Waals surface area contributed by atoms with E-state index in [0.29, 0.717) is 5.92 Å². The lowest BCUT2D eigenvalue weighted by Gasteiger charge is -2.32. The lowest BCUT2D eigenvalue weighted by Crippen LogP contribution is -2.52. The minimum absolute atomic E-state index is 0.124. The molecule has 17 heavy (non-hydrogen) atoms. The normalized spacial score (nSPS) is 13.7. The number of hydrogen-bond acceptors (Lipinski definition) is 2. The van der Waals surface area contributed by atoms with Crippen LogP contribution in [-0.4, -0.2) is 11.4 Å². The van der Waals surface area contributed by atoms with E-state index in [1.54, 1.807) is 0 Å². The molecule has 1 aromatic rings. The number of hydrogen-bond donors (Lipinski definition) is 2. The van der Waals surface area contributed by atoms with Crippen molar-refractivity contribution in [3.63, 3.8) is 0 Å². The molecule has 1 amide bonds. The summed E-state index contributed by atoms with van der Waals surface area (Å²) in [5, 5.41) is 3.33. The topological polar surface area (TPSA) is 55.1 Å². The highest BCUT2D eigenvalue weighted by molar-refractivity contribution is 5.83. The van der Waals surface area contributed by atoms with Crippen molar-refractivity contribution in [1.29, 1.82) is 0 Å². The Bertz CT molecular complexity index is 371. The molecule has 3 nitrogen and oxygen atoms in total. The number of carbonyl (C=O) groups excluding carboxylic acids is 1. The number of carbonyl (C=O) groups is 1. The number of benzene rings is 1. The van der Waals surface area contributed by atoms with Crippen LogP contribution in [0.2, 0.25) is 0 Å². The zero-order valence-electron chi connectivity index (χ0n) is 11.0. The molecule has 0 radical (unpaired) electrons. The summed E-state index contributed by atoms with van der Waals surface area (Å²) >= 11 is 0. The van der Waals surface area contributed by atoms with Crippen LogP contribution in [0.1, 0.15) is 39.3 Å². The van der Waals surface area contributed by atoms with E-state index in [2.05, 4.69) is 31.3 Å². The highest BCUT2D eigenvalue weighted by Gasteiger charge is 2.29. The number of nitrogens with one attached hydrogen (secondary N) is 1. The van der Waals surface area contributed by atoms with Gasteiger partial charge in [0.2, 0.25) is 5.91 Å². The van der Waals surface area contributed by atoms with Crippen molar-refractivity contribution in [3.05, 3.63) is 35.9 Å². The lowest BCUT2D eigenvalue weighted by molar-refractivity contribution is -0.123. The van der Waals surface area contributed by atoms with Crippen LogP contribution in [-0.2, 0) is 4.79 Å². The van der Waals surface area contributed by atoms with Crippen LogP contribution in [0, 0.1) is 5.92 Å². The second-order valence-electron chi connectivity index (χ2n) is 5.27. The van der Waals surface area contributed by atoms with Gasteiger partial charge in [-0.05, 0) is 25.3 Å². The van der Waals surface area contributed by atoms with Gasteiger partial charge in [-0.15, -0.1) is 0 Å². The van der Waals surface area contributed by atoms with E-state index in [-0.39, 0.29) is 11.9 Å². The van der Waals surface area contributed by atoms with Gasteiger partial charge in [-0.1, -0.05) is 44.2 Å². The Morgan fingerprint density at radius 2 is 1.76 bits per heavy atom. The molecule has 0 aliphatic heterocycles. The fourth-order valence-electron chi connectivity index (χ4n) is 1.76. The van der Waals surface area contributed by atoms with Gasteiger partial charge in [-0.25, -0.2) is 0 Å². The first-order valence-corrected chi connectivity index (χ1v) is 5.97. The Kier molecular flexibility index (Phi) is 4.29. The molecule has 0 bridgehead atoms.